The van der Waals surface area contributed by atoms with E-state index in [9.17, 15) is 14.0 Å². The zero-order valence-electron chi connectivity index (χ0n) is 24.2. The van der Waals surface area contributed by atoms with Crippen molar-refractivity contribution < 1.29 is 14.0 Å². The number of carbonyl (C=O) groups excluding carboxylic acids is 2. The second-order valence-corrected chi connectivity index (χ2v) is 11.2. The molecule has 0 radical (unpaired) electrons. The fourth-order valence-corrected chi connectivity index (χ4v) is 5.72. The molecule has 2 heterocycles. The summed E-state index contributed by atoms with van der Waals surface area (Å²) in [7, 11) is 2.05. The Labute approximate surface area is 247 Å². The molecule has 1 saturated heterocycles. The molecule has 3 aromatic rings. The van der Waals surface area contributed by atoms with E-state index in [-0.39, 0.29) is 17.6 Å². The molecule has 1 aliphatic heterocycles. The predicted octanol–water partition coefficient (Wildman–Crippen LogP) is 3.98. The SMILES string of the molecule is C=CCN(CCC[C@H](NC(=O)c1ccc(-c2cncnc2)cc1)C(=O)N1CCN(C)CC1)[C@@H]1C[C@H]1c1ccc(F)cc1. The number of piperazine rings is 1. The molecule has 220 valence electrons. The highest BCUT2D eigenvalue weighted by molar-refractivity contribution is 5.98. The summed E-state index contributed by atoms with van der Waals surface area (Å²) in [5.41, 5.74) is 3.43. The normalized spacial score (nSPS) is 19.4. The van der Waals surface area contributed by atoms with E-state index >= 15 is 0 Å². The van der Waals surface area contributed by atoms with Crippen LogP contribution in [-0.4, -0.2) is 94.9 Å². The Morgan fingerprint density at radius 2 is 1.74 bits per heavy atom. The van der Waals surface area contributed by atoms with Crippen LogP contribution in [0.4, 0.5) is 4.39 Å². The monoisotopic (exact) mass is 570 g/mol. The van der Waals surface area contributed by atoms with Gasteiger partial charge in [0.05, 0.1) is 0 Å². The summed E-state index contributed by atoms with van der Waals surface area (Å²) in [5, 5.41) is 3.05. The summed E-state index contributed by atoms with van der Waals surface area (Å²) >= 11 is 0. The molecule has 1 N–H and O–H groups in total. The van der Waals surface area contributed by atoms with Crippen LogP contribution in [0.15, 0.2) is 79.9 Å². The zero-order valence-corrected chi connectivity index (χ0v) is 24.2. The van der Waals surface area contributed by atoms with Crippen LogP contribution in [0.1, 0.15) is 41.1 Å². The number of carbonyl (C=O) groups is 2. The van der Waals surface area contributed by atoms with E-state index in [0.29, 0.717) is 37.0 Å². The lowest BCUT2D eigenvalue weighted by Gasteiger charge is -2.35. The number of nitrogens with one attached hydrogen (secondary N) is 1. The van der Waals surface area contributed by atoms with Crippen LogP contribution in [0.5, 0.6) is 0 Å². The zero-order chi connectivity index (χ0) is 29.5. The molecular formula is C33H39FN6O2. The number of likely N-dealkylation sites (N-methyl/N-ethyl adjacent to an activating group) is 1. The maximum Gasteiger partial charge on any atom is 0.251 e. The second kappa shape index (κ2) is 13.8. The summed E-state index contributed by atoms with van der Waals surface area (Å²) in [4.78, 5) is 41.5. The van der Waals surface area contributed by atoms with Crippen LogP contribution >= 0.6 is 0 Å². The standard InChI is InChI=1S/C33H39FN6O2/c1-3-14-39(31-20-29(31)25-10-12-28(34)13-11-25)15-4-5-30(33(42)40-18-16-38(2)17-19-40)37-32(41)26-8-6-24(7-9-26)27-21-35-23-36-22-27/h3,6-13,21-23,29-31H,1,4-5,14-20H2,2H3,(H,37,41)/t29-,30-,31+/m0/s1. The third kappa shape index (κ3) is 7.46. The first-order valence-electron chi connectivity index (χ1n) is 14.7. The van der Waals surface area contributed by atoms with Crippen molar-refractivity contribution >= 4 is 11.8 Å². The van der Waals surface area contributed by atoms with Gasteiger partial charge in [-0.2, -0.15) is 0 Å². The van der Waals surface area contributed by atoms with Crippen molar-refractivity contribution in [2.75, 3.05) is 46.3 Å². The molecule has 42 heavy (non-hydrogen) atoms. The molecule has 0 unspecified atom stereocenters. The van der Waals surface area contributed by atoms with Gasteiger partial charge >= 0.3 is 0 Å². The van der Waals surface area contributed by atoms with Gasteiger partial charge in [0.2, 0.25) is 5.91 Å². The topological polar surface area (TPSA) is 81.7 Å². The molecule has 3 atom stereocenters. The fourth-order valence-electron chi connectivity index (χ4n) is 5.72. The molecule has 2 aromatic carbocycles. The van der Waals surface area contributed by atoms with E-state index < -0.39 is 6.04 Å². The second-order valence-electron chi connectivity index (χ2n) is 11.2. The van der Waals surface area contributed by atoms with Crippen molar-refractivity contribution in [2.45, 2.75) is 37.3 Å². The molecule has 2 fully saturated rings. The van der Waals surface area contributed by atoms with E-state index in [4.69, 9.17) is 0 Å². The van der Waals surface area contributed by atoms with E-state index in [2.05, 4.69) is 38.7 Å². The van der Waals surface area contributed by atoms with Crippen molar-refractivity contribution in [2.24, 2.45) is 0 Å². The van der Waals surface area contributed by atoms with Crippen LogP contribution in [0.25, 0.3) is 11.1 Å². The van der Waals surface area contributed by atoms with Crippen LogP contribution in [-0.2, 0) is 4.79 Å². The van der Waals surface area contributed by atoms with E-state index in [1.807, 2.05) is 35.2 Å². The van der Waals surface area contributed by atoms with Crippen LogP contribution < -0.4 is 5.32 Å². The third-order valence-electron chi connectivity index (χ3n) is 8.29. The van der Waals surface area contributed by atoms with Gasteiger partial charge in [-0.25, -0.2) is 14.4 Å². The highest BCUT2D eigenvalue weighted by Gasteiger charge is 2.42. The summed E-state index contributed by atoms with van der Waals surface area (Å²) in [5.74, 6) is -0.141. The van der Waals surface area contributed by atoms with Crippen LogP contribution in [0.3, 0.4) is 0 Å². The molecule has 1 aromatic heterocycles. The predicted molar refractivity (Wildman–Crippen MR) is 161 cm³/mol. The van der Waals surface area contributed by atoms with E-state index in [0.717, 1.165) is 55.7 Å². The Kier molecular flexibility index (Phi) is 9.71. The van der Waals surface area contributed by atoms with Crippen LogP contribution in [0, 0.1) is 5.82 Å². The number of hydrogen-bond acceptors (Lipinski definition) is 6. The smallest absolute Gasteiger partial charge is 0.251 e. The van der Waals surface area contributed by atoms with Gasteiger partial charge in [-0.05, 0) is 68.2 Å². The van der Waals surface area contributed by atoms with E-state index in [1.165, 1.54) is 18.5 Å². The Hall–Kier alpha value is -3.95. The number of rotatable bonds is 12. The fraction of sp³-hybridized carbons (Fsp3) is 0.394. The minimum atomic E-state index is -0.610. The molecule has 0 spiro atoms. The number of aromatic nitrogens is 2. The maximum atomic E-state index is 13.6. The first-order chi connectivity index (χ1) is 20.4. The van der Waals surface area contributed by atoms with Gasteiger partial charge in [-0.3, -0.25) is 14.5 Å². The van der Waals surface area contributed by atoms with Gasteiger partial charge in [0.25, 0.3) is 5.91 Å². The van der Waals surface area contributed by atoms with Gasteiger partial charge in [0.15, 0.2) is 0 Å². The molecule has 1 aliphatic carbocycles. The average molecular weight is 571 g/mol. The third-order valence-corrected chi connectivity index (χ3v) is 8.29. The molecule has 2 aliphatic rings. The Balaban J connectivity index is 1.23. The van der Waals surface area contributed by atoms with Crippen molar-refractivity contribution in [3.05, 3.63) is 96.9 Å². The lowest BCUT2D eigenvalue weighted by molar-refractivity contribution is -0.135. The highest BCUT2D eigenvalue weighted by atomic mass is 19.1. The van der Waals surface area contributed by atoms with Crippen LogP contribution in [0.2, 0.25) is 0 Å². The average Bonchev–Trinajstić information content (AvgIpc) is 3.82. The number of halogens is 1. The Bertz CT molecular complexity index is 1340. The molecule has 8 nitrogen and oxygen atoms in total. The molecule has 0 bridgehead atoms. The van der Waals surface area contributed by atoms with Gasteiger partial charge in [-0.15, -0.1) is 6.58 Å². The summed E-state index contributed by atoms with van der Waals surface area (Å²) in [6.45, 7) is 8.40. The quantitative estimate of drug-likeness (QED) is 0.332. The highest BCUT2D eigenvalue weighted by Crippen LogP contribution is 2.44. The minimum Gasteiger partial charge on any atom is -0.340 e. The first-order valence-corrected chi connectivity index (χ1v) is 14.7. The molecule has 2 amide bonds. The van der Waals surface area contributed by atoms with Gasteiger partial charge < -0.3 is 15.1 Å². The molecule has 9 heteroatoms. The number of nitrogens with zero attached hydrogens (tertiary/aromatic N) is 5. The Morgan fingerprint density at radius 3 is 2.40 bits per heavy atom. The first kappa shape index (κ1) is 29.5. The number of hydrogen-bond donors (Lipinski definition) is 1. The molecule has 1 saturated carbocycles. The summed E-state index contributed by atoms with van der Waals surface area (Å²) in [6, 6.07) is 13.8. The lowest BCUT2D eigenvalue weighted by Crippen LogP contribution is -2.54. The number of amides is 2. The number of benzene rings is 2. The van der Waals surface area contributed by atoms with E-state index in [1.54, 1.807) is 24.5 Å². The van der Waals surface area contributed by atoms with Crippen molar-refractivity contribution in [3.63, 3.8) is 0 Å². The van der Waals surface area contributed by atoms with Crippen molar-refractivity contribution in [1.29, 1.82) is 0 Å². The van der Waals surface area contributed by atoms with Crippen molar-refractivity contribution in [3.8, 4) is 11.1 Å². The lowest BCUT2D eigenvalue weighted by atomic mass is 10.0. The van der Waals surface area contributed by atoms with Gasteiger partial charge in [-0.1, -0.05) is 30.3 Å². The Morgan fingerprint density at radius 1 is 1.05 bits per heavy atom. The van der Waals surface area contributed by atoms with Gasteiger partial charge in [0.1, 0.15) is 18.2 Å². The maximum absolute atomic E-state index is 13.6. The summed E-state index contributed by atoms with van der Waals surface area (Å²) in [6.07, 6.45) is 9.15. The largest absolute Gasteiger partial charge is 0.340 e. The molecule has 5 rings (SSSR count). The molecular weight excluding hydrogens is 531 g/mol. The summed E-state index contributed by atoms with van der Waals surface area (Å²) < 4.78 is 13.4. The van der Waals surface area contributed by atoms with Crippen molar-refractivity contribution in [1.82, 2.24) is 30.0 Å². The van der Waals surface area contributed by atoms with Gasteiger partial charge in [0, 0.05) is 68.2 Å². The minimum absolute atomic E-state index is 0.0274.